The van der Waals surface area contributed by atoms with Gasteiger partial charge in [-0.15, -0.1) is 0 Å². The zero-order valence-electron chi connectivity index (χ0n) is 14.7. The van der Waals surface area contributed by atoms with Crippen LogP contribution >= 0.6 is 0 Å². The molecule has 2 fully saturated rings. The van der Waals surface area contributed by atoms with E-state index < -0.39 is 0 Å². The fourth-order valence-corrected chi connectivity index (χ4v) is 3.22. The van der Waals surface area contributed by atoms with Gasteiger partial charge in [-0.3, -0.25) is 14.6 Å². The highest BCUT2D eigenvalue weighted by molar-refractivity contribution is 5.78. The Kier molecular flexibility index (Phi) is 5.28. The number of ether oxygens (including phenoxy) is 1. The summed E-state index contributed by atoms with van der Waals surface area (Å²) in [5.41, 5.74) is 0. The molecule has 140 valence electrons. The van der Waals surface area contributed by atoms with E-state index in [1.807, 2.05) is 4.90 Å². The third kappa shape index (κ3) is 4.12. The summed E-state index contributed by atoms with van der Waals surface area (Å²) < 4.78 is 15.9. The molecule has 0 atom stereocenters. The average Bonchev–Trinajstić information content (AvgIpc) is 3.35. The third-order valence-corrected chi connectivity index (χ3v) is 4.76. The highest BCUT2D eigenvalue weighted by Crippen LogP contribution is 2.17. The van der Waals surface area contributed by atoms with Crippen molar-refractivity contribution in [2.75, 3.05) is 59.0 Å². The summed E-state index contributed by atoms with van der Waals surface area (Å²) >= 11 is 0. The number of piperazine rings is 1. The van der Waals surface area contributed by atoms with Gasteiger partial charge in [-0.1, -0.05) is 5.16 Å². The molecule has 9 nitrogen and oxygen atoms in total. The minimum absolute atomic E-state index is 0.199. The van der Waals surface area contributed by atoms with Crippen LogP contribution in [-0.4, -0.2) is 89.8 Å². The Bertz CT molecular complexity index is 703. The number of aromatic nitrogens is 2. The van der Waals surface area contributed by atoms with E-state index in [1.165, 1.54) is 0 Å². The van der Waals surface area contributed by atoms with Gasteiger partial charge in [0, 0.05) is 39.3 Å². The lowest BCUT2D eigenvalue weighted by atomic mass is 10.3. The van der Waals surface area contributed by atoms with E-state index in [2.05, 4.69) is 19.9 Å². The van der Waals surface area contributed by atoms with Gasteiger partial charge in [-0.25, -0.2) is 0 Å². The van der Waals surface area contributed by atoms with Gasteiger partial charge in [-0.2, -0.15) is 4.98 Å². The summed E-state index contributed by atoms with van der Waals surface area (Å²) in [5, 5.41) is 3.95. The van der Waals surface area contributed by atoms with Crippen LogP contribution in [0.1, 0.15) is 5.89 Å². The van der Waals surface area contributed by atoms with Crippen molar-refractivity contribution in [3.8, 4) is 11.6 Å². The Morgan fingerprint density at radius 2 is 1.88 bits per heavy atom. The lowest BCUT2D eigenvalue weighted by Gasteiger charge is -2.35. The molecular formula is C17H23N5O4. The van der Waals surface area contributed by atoms with Crippen molar-refractivity contribution in [2.24, 2.45) is 0 Å². The van der Waals surface area contributed by atoms with E-state index in [9.17, 15) is 4.79 Å². The van der Waals surface area contributed by atoms with E-state index >= 15 is 0 Å². The molecule has 0 saturated carbocycles. The number of furan rings is 1. The summed E-state index contributed by atoms with van der Waals surface area (Å²) in [6, 6.07) is 3.59. The SMILES string of the molecule is O=C(CN1CCOCC1)N1CCN(Cc2nc(-c3ccco3)no2)CC1. The monoisotopic (exact) mass is 361 g/mol. The molecule has 0 spiro atoms. The fourth-order valence-electron chi connectivity index (χ4n) is 3.22. The quantitative estimate of drug-likeness (QED) is 0.752. The second-order valence-corrected chi connectivity index (χ2v) is 6.53. The number of rotatable bonds is 5. The smallest absolute Gasteiger partial charge is 0.241 e. The third-order valence-electron chi connectivity index (χ3n) is 4.76. The molecule has 2 aromatic heterocycles. The van der Waals surface area contributed by atoms with Crippen LogP contribution < -0.4 is 0 Å². The van der Waals surface area contributed by atoms with Gasteiger partial charge in [0.05, 0.1) is 32.6 Å². The molecule has 26 heavy (non-hydrogen) atoms. The van der Waals surface area contributed by atoms with Crippen LogP contribution in [0, 0.1) is 0 Å². The fraction of sp³-hybridized carbons (Fsp3) is 0.588. The van der Waals surface area contributed by atoms with Crippen molar-refractivity contribution in [1.29, 1.82) is 0 Å². The largest absolute Gasteiger partial charge is 0.461 e. The van der Waals surface area contributed by atoms with Gasteiger partial charge < -0.3 is 18.6 Å². The van der Waals surface area contributed by atoms with E-state index in [1.54, 1.807) is 18.4 Å². The molecule has 0 aromatic carbocycles. The van der Waals surface area contributed by atoms with Crippen molar-refractivity contribution in [2.45, 2.75) is 6.54 Å². The normalized spacial score (nSPS) is 19.8. The van der Waals surface area contributed by atoms with Crippen LogP contribution in [0.2, 0.25) is 0 Å². The Balaban J connectivity index is 1.24. The molecule has 4 rings (SSSR count). The maximum atomic E-state index is 12.4. The highest BCUT2D eigenvalue weighted by Gasteiger charge is 2.24. The molecule has 0 N–H and O–H groups in total. The highest BCUT2D eigenvalue weighted by atomic mass is 16.5. The van der Waals surface area contributed by atoms with Gasteiger partial charge in [0.15, 0.2) is 5.76 Å². The molecule has 1 amide bonds. The van der Waals surface area contributed by atoms with E-state index in [-0.39, 0.29) is 5.91 Å². The first kappa shape index (κ1) is 17.2. The standard InChI is InChI=1S/C17H23N5O4/c23-16(13-21-7-10-24-11-8-21)22-5-3-20(4-6-22)12-15-18-17(19-26-15)14-2-1-9-25-14/h1-2,9H,3-8,10-13H2. The summed E-state index contributed by atoms with van der Waals surface area (Å²) in [6.45, 7) is 7.21. The first-order chi connectivity index (χ1) is 12.8. The minimum atomic E-state index is 0.199. The van der Waals surface area contributed by atoms with E-state index in [4.69, 9.17) is 13.7 Å². The molecule has 0 aliphatic carbocycles. The summed E-state index contributed by atoms with van der Waals surface area (Å²) in [6.07, 6.45) is 1.58. The van der Waals surface area contributed by atoms with Gasteiger partial charge in [-0.05, 0) is 12.1 Å². The van der Waals surface area contributed by atoms with Crippen LogP contribution in [0.15, 0.2) is 27.3 Å². The van der Waals surface area contributed by atoms with Crippen LogP contribution in [0.4, 0.5) is 0 Å². The average molecular weight is 361 g/mol. The molecule has 2 aromatic rings. The summed E-state index contributed by atoms with van der Waals surface area (Å²) in [7, 11) is 0. The second-order valence-electron chi connectivity index (χ2n) is 6.53. The van der Waals surface area contributed by atoms with E-state index in [0.717, 1.165) is 39.3 Å². The van der Waals surface area contributed by atoms with Crippen LogP contribution in [0.5, 0.6) is 0 Å². The molecule has 2 aliphatic heterocycles. The Hall–Kier alpha value is -2.23. The number of hydrogen-bond acceptors (Lipinski definition) is 8. The Morgan fingerprint density at radius 3 is 2.62 bits per heavy atom. The topological polar surface area (TPSA) is 88.1 Å². The van der Waals surface area contributed by atoms with E-state index in [0.29, 0.717) is 43.8 Å². The van der Waals surface area contributed by atoms with Crippen molar-refractivity contribution < 1.29 is 18.5 Å². The predicted molar refractivity (Wildman–Crippen MR) is 91.1 cm³/mol. The number of nitrogens with zero attached hydrogens (tertiary/aromatic N) is 5. The first-order valence-corrected chi connectivity index (χ1v) is 8.94. The molecule has 0 unspecified atom stereocenters. The van der Waals surface area contributed by atoms with Gasteiger partial charge >= 0.3 is 0 Å². The van der Waals surface area contributed by atoms with Crippen LogP contribution in [0.3, 0.4) is 0 Å². The zero-order valence-corrected chi connectivity index (χ0v) is 14.7. The van der Waals surface area contributed by atoms with Gasteiger partial charge in [0.2, 0.25) is 17.6 Å². The van der Waals surface area contributed by atoms with Crippen molar-refractivity contribution in [1.82, 2.24) is 24.8 Å². The number of carbonyl (C=O) groups excluding carboxylic acids is 1. The number of carbonyl (C=O) groups is 1. The lowest BCUT2D eigenvalue weighted by molar-refractivity contribution is -0.135. The maximum absolute atomic E-state index is 12.4. The Labute approximate surface area is 151 Å². The first-order valence-electron chi connectivity index (χ1n) is 8.94. The zero-order chi connectivity index (χ0) is 17.8. The lowest BCUT2D eigenvalue weighted by Crippen LogP contribution is -2.52. The van der Waals surface area contributed by atoms with Gasteiger partial charge in [0.1, 0.15) is 0 Å². The second kappa shape index (κ2) is 7.98. The number of amides is 1. The van der Waals surface area contributed by atoms with Crippen LogP contribution in [-0.2, 0) is 16.1 Å². The molecule has 4 heterocycles. The number of morpholine rings is 1. The molecule has 2 aliphatic rings. The summed E-state index contributed by atoms with van der Waals surface area (Å²) in [5.74, 6) is 1.82. The number of hydrogen-bond donors (Lipinski definition) is 0. The van der Waals surface area contributed by atoms with Crippen LogP contribution in [0.25, 0.3) is 11.6 Å². The predicted octanol–water partition coefficient (Wildman–Crippen LogP) is 0.306. The molecule has 9 heteroatoms. The van der Waals surface area contributed by atoms with Crippen molar-refractivity contribution >= 4 is 5.91 Å². The van der Waals surface area contributed by atoms with Crippen molar-refractivity contribution in [3.05, 3.63) is 24.3 Å². The van der Waals surface area contributed by atoms with Crippen molar-refractivity contribution in [3.63, 3.8) is 0 Å². The van der Waals surface area contributed by atoms with Gasteiger partial charge in [0.25, 0.3) is 0 Å². The minimum Gasteiger partial charge on any atom is -0.461 e. The molecule has 0 radical (unpaired) electrons. The summed E-state index contributed by atoms with van der Waals surface area (Å²) in [4.78, 5) is 23.1. The molecule has 2 saturated heterocycles. The maximum Gasteiger partial charge on any atom is 0.241 e. The molecule has 0 bridgehead atoms. The Morgan fingerprint density at radius 1 is 1.08 bits per heavy atom. The molecular weight excluding hydrogens is 338 g/mol.